The third kappa shape index (κ3) is 2.84. The second-order valence-electron chi connectivity index (χ2n) is 6.81. The molecule has 0 amide bonds. The van der Waals surface area contributed by atoms with Gasteiger partial charge in [0.25, 0.3) is 11.4 Å². The fourth-order valence-electron chi connectivity index (χ4n) is 3.28. The third-order valence-corrected chi connectivity index (χ3v) is 4.92. The normalized spacial score (nSPS) is 10.9. The van der Waals surface area contributed by atoms with Gasteiger partial charge < -0.3 is 0 Å². The van der Waals surface area contributed by atoms with Crippen LogP contribution in [0.25, 0.3) is 22.6 Å². The summed E-state index contributed by atoms with van der Waals surface area (Å²) in [6.07, 6.45) is 2.12. The summed E-state index contributed by atoms with van der Waals surface area (Å²) in [4.78, 5) is 0. The maximum absolute atomic E-state index is 2.31. The Morgan fingerprint density at radius 3 is 2.08 bits per heavy atom. The quantitative estimate of drug-likeness (QED) is 0.633. The molecule has 3 rings (SSSR count). The van der Waals surface area contributed by atoms with Crippen molar-refractivity contribution in [1.29, 1.82) is 0 Å². The molecule has 0 bridgehead atoms. The van der Waals surface area contributed by atoms with Gasteiger partial charge in [0, 0.05) is 29.8 Å². The van der Waals surface area contributed by atoms with Crippen LogP contribution in [-0.2, 0) is 14.1 Å². The van der Waals surface area contributed by atoms with Crippen molar-refractivity contribution in [2.24, 2.45) is 14.1 Å². The van der Waals surface area contributed by atoms with Crippen molar-refractivity contribution in [3.8, 4) is 22.6 Å². The van der Waals surface area contributed by atoms with Gasteiger partial charge in [-0.1, -0.05) is 6.07 Å². The molecule has 2 aromatic heterocycles. The van der Waals surface area contributed by atoms with E-state index in [9.17, 15) is 0 Å². The van der Waals surface area contributed by atoms with Crippen LogP contribution in [0.5, 0.6) is 0 Å². The average Bonchev–Trinajstić information content (AvgIpc) is 2.54. The molecular weight excluding hydrogens is 292 g/mol. The van der Waals surface area contributed by atoms with Gasteiger partial charge in [0.15, 0.2) is 6.20 Å². The maximum Gasteiger partial charge on any atom is 0.277 e. The first kappa shape index (κ1) is 16.4. The number of hydrogen-bond acceptors (Lipinski definition) is 0. The molecule has 1 aromatic carbocycles. The minimum atomic E-state index is 1.22. The van der Waals surface area contributed by atoms with Crippen molar-refractivity contribution in [3.05, 3.63) is 70.9 Å². The molecule has 24 heavy (non-hydrogen) atoms. The molecule has 0 N–H and O–H groups in total. The largest absolute Gasteiger partial charge is 0.277 e. The van der Waals surface area contributed by atoms with Gasteiger partial charge in [-0.25, -0.2) is 0 Å². The molecule has 0 aliphatic rings. The molecule has 0 aliphatic carbocycles. The highest BCUT2D eigenvalue weighted by atomic mass is 15.0. The molecule has 0 spiro atoms. The van der Waals surface area contributed by atoms with Gasteiger partial charge in [0.05, 0.1) is 0 Å². The van der Waals surface area contributed by atoms with Crippen LogP contribution in [0.1, 0.15) is 22.3 Å². The molecular formula is C22H26N2+2. The lowest BCUT2D eigenvalue weighted by atomic mass is 9.98. The number of rotatable bonds is 2. The van der Waals surface area contributed by atoms with Crippen LogP contribution in [0.2, 0.25) is 0 Å². The summed E-state index contributed by atoms with van der Waals surface area (Å²) >= 11 is 0. The van der Waals surface area contributed by atoms with Gasteiger partial charge >= 0.3 is 0 Å². The number of hydrogen-bond donors (Lipinski definition) is 0. The van der Waals surface area contributed by atoms with Crippen LogP contribution in [0.4, 0.5) is 0 Å². The fourth-order valence-corrected chi connectivity index (χ4v) is 3.28. The zero-order valence-corrected chi connectivity index (χ0v) is 15.5. The molecule has 122 valence electrons. The Bertz CT molecular complexity index is 923. The lowest BCUT2D eigenvalue weighted by molar-refractivity contribution is -0.685. The Balaban J connectivity index is 2.23. The van der Waals surface area contributed by atoms with E-state index < -0.39 is 0 Å². The number of nitrogens with zero attached hydrogens (tertiary/aromatic N) is 2. The van der Waals surface area contributed by atoms with Gasteiger partial charge in [-0.3, -0.25) is 0 Å². The Morgan fingerprint density at radius 2 is 1.33 bits per heavy atom. The van der Waals surface area contributed by atoms with Gasteiger partial charge in [-0.05, 0) is 62.1 Å². The first-order valence-electron chi connectivity index (χ1n) is 8.42. The topological polar surface area (TPSA) is 7.76 Å². The fraction of sp³-hybridized carbons (Fsp3) is 0.273. The highest BCUT2D eigenvalue weighted by Crippen LogP contribution is 2.25. The van der Waals surface area contributed by atoms with Crippen LogP contribution in [-0.4, -0.2) is 0 Å². The summed E-state index contributed by atoms with van der Waals surface area (Å²) < 4.78 is 4.48. The van der Waals surface area contributed by atoms with Crippen LogP contribution >= 0.6 is 0 Å². The van der Waals surface area contributed by atoms with E-state index in [1.807, 2.05) is 0 Å². The monoisotopic (exact) mass is 318 g/mol. The average molecular weight is 318 g/mol. The smallest absolute Gasteiger partial charge is 0.196 e. The summed E-state index contributed by atoms with van der Waals surface area (Å²) in [5.41, 5.74) is 10.3. The van der Waals surface area contributed by atoms with Crippen molar-refractivity contribution in [1.82, 2.24) is 0 Å². The molecule has 0 saturated carbocycles. The van der Waals surface area contributed by atoms with Gasteiger partial charge in [-0.15, -0.1) is 0 Å². The van der Waals surface area contributed by atoms with Crippen LogP contribution in [0.3, 0.4) is 0 Å². The minimum absolute atomic E-state index is 1.22. The maximum atomic E-state index is 2.31. The first-order valence-corrected chi connectivity index (χ1v) is 8.42. The summed E-state index contributed by atoms with van der Waals surface area (Å²) in [6, 6.07) is 15.5. The predicted molar refractivity (Wildman–Crippen MR) is 98.6 cm³/mol. The van der Waals surface area contributed by atoms with E-state index in [0.717, 1.165) is 0 Å². The van der Waals surface area contributed by atoms with Crippen LogP contribution < -0.4 is 9.13 Å². The highest BCUT2D eigenvalue weighted by Gasteiger charge is 2.23. The first-order chi connectivity index (χ1) is 11.4. The number of benzene rings is 1. The molecule has 0 atom stereocenters. The van der Waals surface area contributed by atoms with Crippen molar-refractivity contribution in [3.63, 3.8) is 0 Å². The van der Waals surface area contributed by atoms with Gasteiger partial charge in [0.1, 0.15) is 14.1 Å². The molecule has 2 heteroatoms. The molecule has 0 aliphatic heterocycles. The van der Waals surface area contributed by atoms with E-state index in [4.69, 9.17) is 0 Å². The molecule has 2 heterocycles. The number of aromatic nitrogens is 2. The van der Waals surface area contributed by atoms with E-state index in [0.29, 0.717) is 0 Å². The summed E-state index contributed by atoms with van der Waals surface area (Å²) in [5.74, 6) is 0. The van der Waals surface area contributed by atoms with Crippen molar-refractivity contribution < 1.29 is 9.13 Å². The zero-order chi connectivity index (χ0) is 17.4. The van der Waals surface area contributed by atoms with E-state index >= 15 is 0 Å². The lowest BCUT2D eigenvalue weighted by Gasteiger charge is -2.10. The standard InChI is InChI=1S/C22H26N2/c1-15-10-11-23(5)22(12-15)21-9-7-8-20(24(21)6)19-14-17(3)16(2)13-18(19)4/h7-14H,1-6H3/q+2. The van der Waals surface area contributed by atoms with E-state index in [1.54, 1.807) is 0 Å². The summed E-state index contributed by atoms with van der Waals surface area (Å²) in [6.45, 7) is 8.69. The minimum Gasteiger partial charge on any atom is -0.196 e. The highest BCUT2D eigenvalue weighted by molar-refractivity contribution is 5.64. The van der Waals surface area contributed by atoms with Crippen molar-refractivity contribution >= 4 is 0 Å². The Labute approximate surface area is 145 Å². The summed E-state index contributed by atoms with van der Waals surface area (Å²) in [7, 11) is 4.25. The van der Waals surface area contributed by atoms with Gasteiger partial charge in [0.2, 0.25) is 5.69 Å². The van der Waals surface area contributed by atoms with Crippen molar-refractivity contribution in [2.75, 3.05) is 0 Å². The lowest BCUT2D eigenvalue weighted by Crippen LogP contribution is -2.40. The molecule has 0 unspecified atom stereocenters. The predicted octanol–water partition coefficient (Wildman–Crippen LogP) is 3.90. The number of pyridine rings is 2. The van der Waals surface area contributed by atoms with Crippen LogP contribution in [0.15, 0.2) is 48.7 Å². The van der Waals surface area contributed by atoms with Crippen LogP contribution in [0, 0.1) is 27.7 Å². The van der Waals surface area contributed by atoms with Crippen molar-refractivity contribution in [2.45, 2.75) is 27.7 Å². The Hall–Kier alpha value is -2.48. The van der Waals surface area contributed by atoms with E-state index in [2.05, 4.69) is 99.6 Å². The Kier molecular flexibility index (Phi) is 4.23. The zero-order valence-electron chi connectivity index (χ0n) is 15.5. The SMILES string of the molecule is Cc1cc[n+](C)c(-c2cccc(-c3cc(C)c(C)cc3C)[n+]2C)c1. The molecule has 0 radical (unpaired) electrons. The molecule has 2 nitrogen and oxygen atoms in total. The molecule has 0 saturated heterocycles. The second-order valence-corrected chi connectivity index (χ2v) is 6.81. The molecule has 0 fully saturated rings. The number of aryl methyl sites for hydroxylation is 5. The summed E-state index contributed by atoms with van der Waals surface area (Å²) in [5, 5.41) is 0. The van der Waals surface area contributed by atoms with Gasteiger partial charge in [-0.2, -0.15) is 9.13 Å². The third-order valence-electron chi connectivity index (χ3n) is 4.92. The second kappa shape index (κ2) is 6.20. The van der Waals surface area contributed by atoms with E-state index in [1.165, 1.54) is 44.9 Å². The molecule has 3 aromatic rings. The Morgan fingerprint density at radius 1 is 0.667 bits per heavy atom. The van der Waals surface area contributed by atoms with E-state index in [-0.39, 0.29) is 0 Å².